The molecule has 0 aliphatic heterocycles. The minimum Gasteiger partial charge on any atom is -0.480 e. The van der Waals surface area contributed by atoms with Gasteiger partial charge in [-0.2, -0.15) is 0 Å². The van der Waals surface area contributed by atoms with Crippen LogP contribution in [0.3, 0.4) is 0 Å². The first kappa shape index (κ1) is 9.21. The SMILES string of the molecule is CC(C)(C)/C=C\COC=N. The van der Waals surface area contributed by atoms with Gasteiger partial charge in [0.05, 0.1) is 0 Å². The molecule has 2 heteroatoms. The van der Waals surface area contributed by atoms with Gasteiger partial charge in [0.2, 0.25) is 0 Å². The molecule has 2 nitrogen and oxygen atoms in total. The lowest BCUT2D eigenvalue weighted by Crippen LogP contribution is -1.99. The molecule has 0 heterocycles. The number of ether oxygens (including phenoxy) is 1. The first-order valence-corrected chi connectivity index (χ1v) is 3.34. The minimum atomic E-state index is 0.214. The van der Waals surface area contributed by atoms with Crippen molar-refractivity contribution in [2.24, 2.45) is 5.41 Å². The summed E-state index contributed by atoms with van der Waals surface area (Å²) in [7, 11) is 0. The Hall–Kier alpha value is -0.790. The first-order valence-electron chi connectivity index (χ1n) is 3.34. The van der Waals surface area contributed by atoms with Crippen molar-refractivity contribution in [2.45, 2.75) is 20.8 Å². The quantitative estimate of drug-likeness (QED) is 0.278. The second-order valence-corrected chi connectivity index (χ2v) is 3.22. The van der Waals surface area contributed by atoms with E-state index in [1.807, 2.05) is 6.08 Å². The van der Waals surface area contributed by atoms with Crippen molar-refractivity contribution in [3.63, 3.8) is 0 Å². The van der Waals surface area contributed by atoms with Crippen LogP contribution < -0.4 is 0 Å². The van der Waals surface area contributed by atoms with E-state index in [1.165, 1.54) is 0 Å². The average Bonchev–Trinajstić information content (AvgIpc) is 1.78. The van der Waals surface area contributed by atoms with Gasteiger partial charge in [0.1, 0.15) is 6.61 Å². The van der Waals surface area contributed by atoms with Gasteiger partial charge in [0.15, 0.2) is 6.40 Å². The van der Waals surface area contributed by atoms with Gasteiger partial charge >= 0.3 is 0 Å². The van der Waals surface area contributed by atoms with Crippen LogP contribution in [0.4, 0.5) is 0 Å². The number of nitrogens with one attached hydrogen (secondary N) is 1. The van der Waals surface area contributed by atoms with Crippen LogP contribution >= 0.6 is 0 Å². The molecular weight excluding hydrogens is 126 g/mol. The van der Waals surface area contributed by atoms with E-state index < -0.39 is 0 Å². The fourth-order valence-electron chi connectivity index (χ4n) is 0.505. The van der Waals surface area contributed by atoms with Gasteiger partial charge in [-0.05, 0) is 5.41 Å². The molecule has 0 atom stereocenters. The molecule has 0 aromatic carbocycles. The Balaban J connectivity index is 3.46. The second kappa shape index (κ2) is 4.09. The molecule has 0 rings (SSSR count). The maximum Gasteiger partial charge on any atom is 0.167 e. The van der Waals surface area contributed by atoms with Crippen LogP contribution in [-0.4, -0.2) is 13.0 Å². The van der Waals surface area contributed by atoms with Crippen LogP contribution in [0.15, 0.2) is 12.2 Å². The molecule has 0 aromatic heterocycles. The highest BCUT2D eigenvalue weighted by Gasteiger charge is 2.02. The zero-order valence-electron chi connectivity index (χ0n) is 6.85. The zero-order chi connectivity index (χ0) is 8.04. The molecule has 0 radical (unpaired) electrons. The summed E-state index contributed by atoms with van der Waals surface area (Å²) in [5.41, 5.74) is 0.214. The standard InChI is InChI=1S/C8H15NO/c1-8(2,3)5-4-6-10-7-9/h4-5,7,9H,6H2,1-3H3/b5-4-,9-7?. The third kappa shape index (κ3) is 7.21. The number of rotatable bonds is 3. The summed E-state index contributed by atoms with van der Waals surface area (Å²) in [5, 5.41) is 6.56. The second-order valence-electron chi connectivity index (χ2n) is 3.22. The average molecular weight is 141 g/mol. The maximum atomic E-state index is 6.56. The highest BCUT2D eigenvalue weighted by atomic mass is 16.5. The van der Waals surface area contributed by atoms with Crippen molar-refractivity contribution in [1.82, 2.24) is 0 Å². The largest absolute Gasteiger partial charge is 0.480 e. The summed E-state index contributed by atoms with van der Waals surface area (Å²) in [4.78, 5) is 0. The van der Waals surface area contributed by atoms with E-state index in [1.54, 1.807) is 0 Å². The number of allylic oxidation sites excluding steroid dienone is 1. The van der Waals surface area contributed by atoms with Gasteiger partial charge in [0, 0.05) is 0 Å². The highest BCUT2D eigenvalue weighted by molar-refractivity contribution is 5.41. The van der Waals surface area contributed by atoms with Crippen molar-refractivity contribution in [2.75, 3.05) is 6.61 Å². The molecule has 1 N–H and O–H groups in total. The van der Waals surface area contributed by atoms with Crippen LogP contribution in [0.1, 0.15) is 20.8 Å². The van der Waals surface area contributed by atoms with Crippen LogP contribution in [0.25, 0.3) is 0 Å². The van der Waals surface area contributed by atoms with Crippen molar-refractivity contribution in [3.05, 3.63) is 12.2 Å². The van der Waals surface area contributed by atoms with Gasteiger partial charge in [-0.1, -0.05) is 32.9 Å². The third-order valence-electron chi connectivity index (χ3n) is 0.894. The molecule has 0 spiro atoms. The normalized spacial score (nSPS) is 11.9. The monoisotopic (exact) mass is 141 g/mol. The van der Waals surface area contributed by atoms with E-state index in [4.69, 9.17) is 5.41 Å². The molecule has 10 heavy (non-hydrogen) atoms. The smallest absolute Gasteiger partial charge is 0.167 e. The highest BCUT2D eigenvalue weighted by Crippen LogP contribution is 2.13. The Morgan fingerprint density at radius 3 is 2.40 bits per heavy atom. The molecule has 0 saturated heterocycles. The Kier molecular flexibility index (Phi) is 3.77. The number of hydrogen-bond donors (Lipinski definition) is 1. The van der Waals surface area contributed by atoms with E-state index in [0.29, 0.717) is 6.61 Å². The molecular formula is C8H15NO. The fourth-order valence-corrected chi connectivity index (χ4v) is 0.505. The number of hydrogen-bond acceptors (Lipinski definition) is 2. The van der Waals surface area contributed by atoms with Gasteiger partial charge < -0.3 is 4.74 Å². The fraction of sp³-hybridized carbons (Fsp3) is 0.625. The van der Waals surface area contributed by atoms with Gasteiger partial charge in [0.25, 0.3) is 0 Å². The van der Waals surface area contributed by atoms with E-state index in [-0.39, 0.29) is 5.41 Å². The van der Waals surface area contributed by atoms with E-state index >= 15 is 0 Å². The molecule has 0 amide bonds. The summed E-state index contributed by atoms with van der Waals surface area (Å²) in [6.45, 7) is 6.86. The minimum absolute atomic E-state index is 0.214. The molecule has 0 fully saturated rings. The molecule has 0 aliphatic rings. The van der Waals surface area contributed by atoms with Crippen LogP contribution in [-0.2, 0) is 4.74 Å². The summed E-state index contributed by atoms with van der Waals surface area (Å²) < 4.78 is 4.68. The topological polar surface area (TPSA) is 33.1 Å². The van der Waals surface area contributed by atoms with Crippen LogP contribution in [0, 0.1) is 10.8 Å². The van der Waals surface area contributed by atoms with Crippen molar-refractivity contribution in [3.8, 4) is 0 Å². The van der Waals surface area contributed by atoms with Crippen molar-refractivity contribution >= 4 is 6.40 Å². The lowest BCUT2D eigenvalue weighted by molar-refractivity contribution is 0.362. The predicted molar refractivity (Wildman–Crippen MR) is 43.3 cm³/mol. The molecule has 0 aliphatic carbocycles. The predicted octanol–water partition coefficient (Wildman–Crippen LogP) is 2.21. The Morgan fingerprint density at radius 1 is 1.40 bits per heavy atom. The Labute approximate surface area is 62.4 Å². The van der Waals surface area contributed by atoms with Crippen molar-refractivity contribution in [1.29, 1.82) is 5.41 Å². The summed E-state index contributed by atoms with van der Waals surface area (Å²) in [6, 6.07) is 0. The van der Waals surface area contributed by atoms with Gasteiger partial charge in [-0.25, -0.2) is 0 Å². The lowest BCUT2D eigenvalue weighted by Gasteiger charge is -2.10. The van der Waals surface area contributed by atoms with Gasteiger partial charge in [-0.3, -0.25) is 5.41 Å². The first-order chi connectivity index (χ1) is 4.56. The third-order valence-corrected chi connectivity index (χ3v) is 0.894. The van der Waals surface area contributed by atoms with E-state index in [0.717, 1.165) is 6.40 Å². The van der Waals surface area contributed by atoms with E-state index in [9.17, 15) is 0 Å². The molecule has 0 saturated carbocycles. The summed E-state index contributed by atoms with van der Waals surface area (Å²) in [6.07, 6.45) is 4.94. The maximum absolute atomic E-state index is 6.56. The Bertz CT molecular complexity index is 122. The summed E-state index contributed by atoms with van der Waals surface area (Å²) >= 11 is 0. The Morgan fingerprint density at radius 2 is 2.00 bits per heavy atom. The van der Waals surface area contributed by atoms with Crippen LogP contribution in [0.5, 0.6) is 0 Å². The molecule has 0 unspecified atom stereocenters. The van der Waals surface area contributed by atoms with Gasteiger partial charge in [-0.15, -0.1) is 0 Å². The van der Waals surface area contributed by atoms with Crippen LogP contribution in [0.2, 0.25) is 0 Å². The summed E-state index contributed by atoms with van der Waals surface area (Å²) in [5.74, 6) is 0. The molecule has 0 aromatic rings. The zero-order valence-corrected chi connectivity index (χ0v) is 6.85. The molecule has 0 bridgehead atoms. The van der Waals surface area contributed by atoms with Crippen molar-refractivity contribution < 1.29 is 4.74 Å². The molecule has 58 valence electrons. The lowest BCUT2D eigenvalue weighted by atomic mass is 9.96. The van der Waals surface area contributed by atoms with E-state index in [2.05, 4.69) is 31.6 Å².